The zero-order chi connectivity index (χ0) is 18.3. The van der Waals surface area contributed by atoms with Gasteiger partial charge in [-0.1, -0.05) is 12.8 Å². The van der Waals surface area contributed by atoms with Crippen LogP contribution in [-0.2, 0) is 9.59 Å². The highest BCUT2D eigenvalue weighted by atomic mass is 16.5. The molecule has 0 radical (unpaired) electrons. The number of methoxy groups -OCH3 is 1. The molecule has 138 valence electrons. The minimum Gasteiger partial charge on any atom is -0.497 e. The summed E-state index contributed by atoms with van der Waals surface area (Å²) in [5.74, 6) is 0.957. The summed E-state index contributed by atoms with van der Waals surface area (Å²) in [7, 11) is 1.61. The van der Waals surface area contributed by atoms with E-state index in [1.165, 1.54) is 0 Å². The van der Waals surface area contributed by atoms with Crippen LogP contribution in [0.1, 0.15) is 39.5 Å². The molecule has 1 aromatic rings. The van der Waals surface area contributed by atoms with Crippen LogP contribution < -0.4 is 20.1 Å². The van der Waals surface area contributed by atoms with Crippen molar-refractivity contribution in [2.45, 2.75) is 45.6 Å². The Bertz CT molecular complexity index is 578. The molecule has 0 heterocycles. The lowest BCUT2D eigenvalue weighted by molar-refractivity contribution is -0.141. The normalized spacial score (nSPS) is 14.8. The minimum absolute atomic E-state index is 0.206. The third-order valence-electron chi connectivity index (χ3n) is 4.54. The van der Waals surface area contributed by atoms with E-state index in [-0.39, 0.29) is 17.9 Å². The number of carbonyl (C=O) groups excluding carboxylic acids is 2. The summed E-state index contributed by atoms with van der Waals surface area (Å²) in [6.07, 6.45) is 4.28. The molecule has 2 N–H and O–H groups in total. The first-order chi connectivity index (χ1) is 11.9. The molecule has 0 atom stereocenters. The second kappa shape index (κ2) is 8.74. The maximum Gasteiger partial charge on any atom is 0.235 e. The molecule has 25 heavy (non-hydrogen) atoms. The van der Waals surface area contributed by atoms with Crippen molar-refractivity contribution in [1.29, 1.82) is 0 Å². The molecule has 0 aromatic heterocycles. The van der Waals surface area contributed by atoms with Crippen molar-refractivity contribution in [3.63, 3.8) is 0 Å². The second-order valence-corrected chi connectivity index (χ2v) is 6.86. The second-order valence-electron chi connectivity index (χ2n) is 6.86. The number of carbonyl (C=O) groups is 2. The van der Waals surface area contributed by atoms with Crippen LogP contribution >= 0.6 is 0 Å². The Labute approximate surface area is 149 Å². The van der Waals surface area contributed by atoms with Crippen molar-refractivity contribution in [2.75, 3.05) is 20.3 Å². The third-order valence-corrected chi connectivity index (χ3v) is 4.54. The molecule has 6 nitrogen and oxygen atoms in total. The summed E-state index contributed by atoms with van der Waals surface area (Å²) in [5, 5.41) is 5.76. The predicted molar refractivity (Wildman–Crippen MR) is 95.7 cm³/mol. The lowest BCUT2D eigenvalue weighted by atomic mass is 9.90. The molecular weight excluding hydrogens is 320 g/mol. The first kappa shape index (κ1) is 19.1. The fraction of sp³-hybridized carbons (Fsp3) is 0.579. The summed E-state index contributed by atoms with van der Waals surface area (Å²) < 4.78 is 10.6. The molecule has 0 spiro atoms. The lowest BCUT2D eigenvalue weighted by Crippen LogP contribution is -2.50. The Morgan fingerprint density at radius 2 is 1.68 bits per heavy atom. The molecule has 0 saturated heterocycles. The predicted octanol–water partition coefficient (Wildman–Crippen LogP) is 2.28. The van der Waals surface area contributed by atoms with Gasteiger partial charge in [0.15, 0.2) is 0 Å². The average molecular weight is 348 g/mol. The first-order valence-electron chi connectivity index (χ1n) is 8.79. The van der Waals surface area contributed by atoms with Gasteiger partial charge in [-0.3, -0.25) is 9.59 Å². The molecular formula is C19H28N2O4. The van der Waals surface area contributed by atoms with Gasteiger partial charge < -0.3 is 20.1 Å². The van der Waals surface area contributed by atoms with Gasteiger partial charge in [-0.15, -0.1) is 0 Å². The van der Waals surface area contributed by atoms with E-state index in [0.717, 1.165) is 31.4 Å². The van der Waals surface area contributed by atoms with E-state index in [4.69, 9.17) is 9.47 Å². The third kappa shape index (κ3) is 5.37. The molecule has 1 aromatic carbocycles. The lowest BCUT2D eigenvalue weighted by Gasteiger charge is -2.25. The van der Waals surface area contributed by atoms with Crippen LogP contribution in [0.5, 0.6) is 11.5 Å². The molecule has 2 rings (SSSR count). The van der Waals surface area contributed by atoms with E-state index in [9.17, 15) is 9.59 Å². The summed E-state index contributed by atoms with van der Waals surface area (Å²) in [6, 6.07) is 7.44. The number of hydrogen-bond donors (Lipinski definition) is 2. The smallest absolute Gasteiger partial charge is 0.235 e. The number of nitrogens with one attached hydrogen (secondary N) is 2. The molecule has 1 fully saturated rings. The van der Waals surface area contributed by atoms with Crippen LogP contribution in [0.15, 0.2) is 24.3 Å². The van der Waals surface area contributed by atoms with Crippen molar-refractivity contribution < 1.29 is 19.1 Å². The van der Waals surface area contributed by atoms with Crippen molar-refractivity contribution in [2.24, 2.45) is 5.41 Å². The largest absolute Gasteiger partial charge is 0.497 e. The van der Waals surface area contributed by atoms with Crippen molar-refractivity contribution in [1.82, 2.24) is 10.6 Å². The Kier molecular flexibility index (Phi) is 6.67. The van der Waals surface area contributed by atoms with Crippen LogP contribution in [0.3, 0.4) is 0 Å². The van der Waals surface area contributed by atoms with Crippen molar-refractivity contribution in [3.05, 3.63) is 24.3 Å². The Morgan fingerprint density at radius 3 is 2.28 bits per heavy atom. The van der Waals surface area contributed by atoms with Gasteiger partial charge in [0.2, 0.25) is 11.8 Å². The summed E-state index contributed by atoms with van der Waals surface area (Å²) in [5.41, 5.74) is -1.09. The SMILES string of the molecule is COc1ccc(OCCNC(=O)C(C)(C)C(=O)NC2CCCC2)cc1. The molecule has 1 saturated carbocycles. The fourth-order valence-electron chi connectivity index (χ4n) is 2.77. The Balaban J connectivity index is 1.72. The van der Waals surface area contributed by atoms with Crippen LogP contribution in [0.25, 0.3) is 0 Å². The zero-order valence-electron chi connectivity index (χ0n) is 15.3. The quantitative estimate of drug-likeness (QED) is 0.558. The molecule has 0 bridgehead atoms. The molecule has 0 unspecified atom stereocenters. The van der Waals surface area contributed by atoms with E-state index in [1.807, 2.05) is 12.1 Å². The highest BCUT2D eigenvalue weighted by molar-refractivity contribution is 6.04. The highest BCUT2D eigenvalue weighted by Crippen LogP contribution is 2.21. The van der Waals surface area contributed by atoms with Gasteiger partial charge >= 0.3 is 0 Å². The standard InChI is InChI=1S/C19H28N2O4/c1-19(2,18(23)21-14-6-4-5-7-14)17(22)20-12-13-25-16-10-8-15(24-3)9-11-16/h8-11,14H,4-7,12-13H2,1-3H3,(H,20,22)(H,21,23). The zero-order valence-corrected chi connectivity index (χ0v) is 15.3. The van der Waals surface area contributed by atoms with E-state index in [1.54, 1.807) is 33.1 Å². The highest BCUT2D eigenvalue weighted by Gasteiger charge is 2.37. The van der Waals surface area contributed by atoms with Gasteiger partial charge in [0, 0.05) is 6.04 Å². The minimum atomic E-state index is -1.09. The van der Waals surface area contributed by atoms with Crippen LogP contribution in [-0.4, -0.2) is 38.1 Å². The van der Waals surface area contributed by atoms with E-state index in [0.29, 0.717) is 18.9 Å². The van der Waals surface area contributed by atoms with Crippen LogP contribution in [0, 0.1) is 5.41 Å². The van der Waals surface area contributed by atoms with Gasteiger partial charge in [-0.05, 0) is 51.0 Å². The summed E-state index contributed by atoms with van der Waals surface area (Å²) >= 11 is 0. The maximum atomic E-state index is 12.4. The first-order valence-corrected chi connectivity index (χ1v) is 8.79. The number of benzene rings is 1. The molecule has 6 heteroatoms. The summed E-state index contributed by atoms with van der Waals surface area (Å²) in [6.45, 7) is 3.97. The maximum absolute atomic E-state index is 12.4. The van der Waals surface area contributed by atoms with E-state index >= 15 is 0 Å². The molecule has 1 aliphatic carbocycles. The summed E-state index contributed by atoms with van der Waals surface area (Å²) in [4.78, 5) is 24.7. The fourth-order valence-corrected chi connectivity index (χ4v) is 2.77. The topological polar surface area (TPSA) is 76.7 Å². The molecule has 1 aliphatic rings. The Morgan fingerprint density at radius 1 is 1.08 bits per heavy atom. The van der Waals surface area contributed by atoms with Gasteiger partial charge in [0.05, 0.1) is 13.7 Å². The van der Waals surface area contributed by atoms with E-state index < -0.39 is 5.41 Å². The number of hydrogen-bond acceptors (Lipinski definition) is 4. The average Bonchev–Trinajstić information content (AvgIpc) is 3.12. The number of amides is 2. The van der Waals surface area contributed by atoms with Crippen molar-refractivity contribution in [3.8, 4) is 11.5 Å². The number of ether oxygens (including phenoxy) is 2. The van der Waals surface area contributed by atoms with Gasteiger partial charge in [0.1, 0.15) is 23.5 Å². The molecule has 2 amide bonds. The number of rotatable bonds is 8. The van der Waals surface area contributed by atoms with Gasteiger partial charge in [-0.25, -0.2) is 0 Å². The monoisotopic (exact) mass is 348 g/mol. The van der Waals surface area contributed by atoms with Gasteiger partial charge in [-0.2, -0.15) is 0 Å². The van der Waals surface area contributed by atoms with Crippen LogP contribution in [0.4, 0.5) is 0 Å². The van der Waals surface area contributed by atoms with Crippen molar-refractivity contribution >= 4 is 11.8 Å². The Hall–Kier alpha value is -2.24. The van der Waals surface area contributed by atoms with E-state index in [2.05, 4.69) is 10.6 Å². The van der Waals surface area contributed by atoms with Gasteiger partial charge in [0.25, 0.3) is 0 Å². The molecule has 0 aliphatic heterocycles. The van der Waals surface area contributed by atoms with Crippen LogP contribution in [0.2, 0.25) is 0 Å².